The second-order valence-corrected chi connectivity index (χ2v) is 7.87. The summed E-state index contributed by atoms with van der Waals surface area (Å²) in [5.74, 6) is 0.898. The van der Waals surface area contributed by atoms with Crippen molar-refractivity contribution in [2.45, 2.75) is 19.4 Å². The molecule has 0 atom stereocenters. The molecule has 0 saturated carbocycles. The van der Waals surface area contributed by atoms with Crippen LogP contribution in [0.3, 0.4) is 0 Å². The molecule has 2 amide bonds. The van der Waals surface area contributed by atoms with Gasteiger partial charge in [-0.05, 0) is 36.4 Å². The van der Waals surface area contributed by atoms with Gasteiger partial charge in [-0.3, -0.25) is 4.90 Å². The van der Waals surface area contributed by atoms with Crippen LogP contribution in [0.1, 0.15) is 17.7 Å². The van der Waals surface area contributed by atoms with Crippen molar-refractivity contribution >= 4 is 28.9 Å². The number of anilines is 2. The average molecular weight is 372 g/mol. The SMILES string of the molecule is O=C(Nc1cccnc1N1CCCC1)N1CCN(Cc2cccs2)CC1. The molecule has 6 nitrogen and oxygen atoms in total. The number of rotatable bonds is 4. The van der Waals surface area contributed by atoms with E-state index in [1.54, 1.807) is 17.5 Å². The zero-order valence-electron chi connectivity index (χ0n) is 14.9. The van der Waals surface area contributed by atoms with Crippen LogP contribution in [0.25, 0.3) is 0 Å². The van der Waals surface area contributed by atoms with Crippen LogP contribution in [-0.2, 0) is 6.54 Å². The number of piperazine rings is 1. The number of urea groups is 1. The number of nitrogens with zero attached hydrogens (tertiary/aromatic N) is 4. The molecule has 2 aliphatic rings. The van der Waals surface area contributed by atoms with Gasteiger partial charge in [0.25, 0.3) is 0 Å². The normalized spacial score (nSPS) is 18.3. The number of carbonyl (C=O) groups is 1. The quantitative estimate of drug-likeness (QED) is 0.897. The third-order valence-corrected chi connectivity index (χ3v) is 5.91. The highest BCUT2D eigenvalue weighted by Gasteiger charge is 2.23. The third-order valence-electron chi connectivity index (χ3n) is 5.05. The number of hydrogen-bond acceptors (Lipinski definition) is 5. The van der Waals surface area contributed by atoms with Gasteiger partial charge in [0.1, 0.15) is 0 Å². The molecule has 7 heteroatoms. The number of thiophene rings is 1. The number of hydrogen-bond donors (Lipinski definition) is 1. The molecule has 0 bridgehead atoms. The lowest BCUT2D eigenvalue weighted by molar-refractivity contribution is 0.143. The van der Waals surface area contributed by atoms with E-state index in [-0.39, 0.29) is 6.03 Å². The Balaban J connectivity index is 1.33. The van der Waals surface area contributed by atoms with Gasteiger partial charge < -0.3 is 15.1 Å². The third kappa shape index (κ3) is 3.99. The molecular weight excluding hydrogens is 346 g/mol. The summed E-state index contributed by atoms with van der Waals surface area (Å²) in [6.07, 6.45) is 4.18. The van der Waals surface area contributed by atoms with Gasteiger partial charge in [-0.15, -0.1) is 11.3 Å². The van der Waals surface area contributed by atoms with Crippen molar-refractivity contribution in [2.75, 3.05) is 49.5 Å². The number of aromatic nitrogens is 1. The minimum absolute atomic E-state index is 0.0192. The fourth-order valence-electron chi connectivity index (χ4n) is 3.60. The van der Waals surface area contributed by atoms with Crippen LogP contribution in [0, 0.1) is 0 Å². The Morgan fingerprint density at radius 1 is 1.08 bits per heavy atom. The van der Waals surface area contributed by atoms with Gasteiger partial charge >= 0.3 is 6.03 Å². The van der Waals surface area contributed by atoms with E-state index in [0.29, 0.717) is 0 Å². The van der Waals surface area contributed by atoms with E-state index in [1.807, 2.05) is 17.0 Å². The van der Waals surface area contributed by atoms with Crippen molar-refractivity contribution in [1.29, 1.82) is 0 Å². The van der Waals surface area contributed by atoms with Crippen LogP contribution in [0.2, 0.25) is 0 Å². The zero-order valence-corrected chi connectivity index (χ0v) is 15.7. The van der Waals surface area contributed by atoms with Gasteiger partial charge in [0, 0.05) is 56.9 Å². The summed E-state index contributed by atoms with van der Waals surface area (Å²) in [6.45, 7) is 6.36. The minimum atomic E-state index is -0.0192. The molecule has 2 aromatic heterocycles. The van der Waals surface area contributed by atoms with E-state index < -0.39 is 0 Å². The number of nitrogens with one attached hydrogen (secondary N) is 1. The first kappa shape index (κ1) is 17.3. The van der Waals surface area contributed by atoms with Gasteiger partial charge in [-0.25, -0.2) is 9.78 Å². The standard InChI is InChI=1S/C19H25N5OS/c25-19(21-17-6-3-7-20-18(17)23-8-1-2-9-23)24-12-10-22(11-13-24)15-16-5-4-14-26-16/h3-7,14H,1-2,8-13,15H2,(H,21,25). The van der Waals surface area contributed by atoms with Crippen LogP contribution in [-0.4, -0.2) is 60.1 Å². The van der Waals surface area contributed by atoms with Crippen LogP contribution in [0.5, 0.6) is 0 Å². The van der Waals surface area contributed by atoms with E-state index in [1.165, 1.54) is 17.7 Å². The summed E-state index contributed by atoms with van der Waals surface area (Å²) < 4.78 is 0. The first-order chi connectivity index (χ1) is 12.8. The maximum absolute atomic E-state index is 12.7. The van der Waals surface area contributed by atoms with Crippen molar-refractivity contribution < 1.29 is 4.79 Å². The highest BCUT2D eigenvalue weighted by molar-refractivity contribution is 7.09. The minimum Gasteiger partial charge on any atom is -0.355 e. The molecule has 0 unspecified atom stereocenters. The fraction of sp³-hybridized carbons (Fsp3) is 0.474. The molecule has 2 fully saturated rings. The van der Waals surface area contributed by atoms with Crippen LogP contribution < -0.4 is 10.2 Å². The van der Waals surface area contributed by atoms with E-state index in [9.17, 15) is 4.79 Å². The zero-order chi connectivity index (χ0) is 17.8. The Kier molecular flexibility index (Phi) is 5.36. The molecule has 0 aliphatic carbocycles. The van der Waals surface area contributed by atoms with Crippen molar-refractivity contribution in [3.63, 3.8) is 0 Å². The Hall–Kier alpha value is -2.12. The van der Waals surface area contributed by atoms with Gasteiger partial charge in [-0.1, -0.05) is 6.07 Å². The fourth-order valence-corrected chi connectivity index (χ4v) is 4.35. The topological polar surface area (TPSA) is 51.7 Å². The summed E-state index contributed by atoms with van der Waals surface area (Å²) in [6, 6.07) is 8.08. The number of carbonyl (C=O) groups excluding carboxylic acids is 1. The van der Waals surface area contributed by atoms with Gasteiger partial charge in [-0.2, -0.15) is 0 Å². The summed E-state index contributed by atoms with van der Waals surface area (Å²) in [5, 5.41) is 5.20. The van der Waals surface area contributed by atoms with Crippen molar-refractivity contribution in [1.82, 2.24) is 14.8 Å². The maximum Gasteiger partial charge on any atom is 0.322 e. The Labute approximate surface area is 158 Å². The summed E-state index contributed by atoms with van der Waals surface area (Å²) in [5.41, 5.74) is 0.820. The highest BCUT2D eigenvalue weighted by Crippen LogP contribution is 2.26. The molecule has 1 N–H and O–H groups in total. The van der Waals surface area contributed by atoms with Crippen LogP contribution in [0.15, 0.2) is 35.8 Å². The maximum atomic E-state index is 12.7. The largest absolute Gasteiger partial charge is 0.355 e. The summed E-state index contributed by atoms with van der Waals surface area (Å²) in [4.78, 5) is 25.2. The molecule has 138 valence electrons. The Bertz CT molecular complexity index is 721. The Morgan fingerprint density at radius 2 is 1.88 bits per heavy atom. The number of amides is 2. The second kappa shape index (κ2) is 8.05. The lowest BCUT2D eigenvalue weighted by Crippen LogP contribution is -2.49. The van der Waals surface area contributed by atoms with Gasteiger partial charge in [0.05, 0.1) is 5.69 Å². The van der Waals surface area contributed by atoms with Crippen molar-refractivity contribution in [3.05, 3.63) is 40.7 Å². The first-order valence-electron chi connectivity index (χ1n) is 9.30. The van der Waals surface area contributed by atoms with E-state index in [4.69, 9.17) is 0 Å². The highest BCUT2D eigenvalue weighted by atomic mass is 32.1. The molecular formula is C19H25N5OS. The second-order valence-electron chi connectivity index (χ2n) is 6.84. The average Bonchev–Trinajstić information content (AvgIpc) is 3.37. The predicted octanol–water partition coefficient (Wildman–Crippen LogP) is 3.09. The summed E-state index contributed by atoms with van der Waals surface area (Å²) in [7, 11) is 0. The van der Waals surface area contributed by atoms with E-state index >= 15 is 0 Å². The van der Waals surface area contributed by atoms with Gasteiger partial charge in [0.15, 0.2) is 5.82 Å². The molecule has 26 heavy (non-hydrogen) atoms. The molecule has 2 saturated heterocycles. The van der Waals surface area contributed by atoms with Crippen LogP contribution >= 0.6 is 11.3 Å². The molecule has 2 aromatic rings. The molecule has 0 spiro atoms. The van der Waals surface area contributed by atoms with E-state index in [0.717, 1.165) is 57.3 Å². The van der Waals surface area contributed by atoms with Crippen molar-refractivity contribution in [2.24, 2.45) is 0 Å². The lowest BCUT2D eigenvalue weighted by Gasteiger charge is -2.34. The predicted molar refractivity (Wildman–Crippen MR) is 106 cm³/mol. The van der Waals surface area contributed by atoms with Crippen molar-refractivity contribution in [3.8, 4) is 0 Å². The molecule has 2 aliphatic heterocycles. The summed E-state index contributed by atoms with van der Waals surface area (Å²) >= 11 is 1.79. The molecule has 4 heterocycles. The Morgan fingerprint density at radius 3 is 2.62 bits per heavy atom. The first-order valence-corrected chi connectivity index (χ1v) is 10.2. The van der Waals surface area contributed by atoms with Crippen LogP contribution in [0.4, 0.5) is 16.3 Å². The van der Waals surface area contributed by atoms with Gasteiger partial charge in [0.2, 0.25) is 0 Å². The monoisotopic (exact) mass is 371 g/mol. The van der Waals surface area contributed by atoms with E-state index in [2.05, 4.69) is 37.6 Å². The smallest absolute Gasteiger partial charge is 0.322 e. The molecule has 0 radical (unpaired) electrons. The number of pyridine rings is 1. The molecule has 0 aromatic carbocycles. The molecule has 4 rings (SSSR count). The lowest BCUT2D eigenvalue weighted by atomic mass is 10.3.